The van der Waals surface area contributed by atoms with E-state index in [1.165, 1.54) is 24.4 Å². The molecule has 0 radical (unpaired) electrons. The zero-order chi connectivity index (χ0) is 26.9. The van der Waals surface area contributed by atoms with Crippen LogP contribution in [0.1, 0.15) is 37.0 Å². The second-order valence-electron chi connectivity index (χ2n) is 8.89. The van der Waals surface area contributed by atoms with Gasteiger partial charge in [-0.25, -0.2) is 27.2 Å². The second kappa shape index (κ2) is 10.4. The molecule has 0 bridgehead atoms. The van der Waals surface area contributed by atoms with Gasteiger partial charge in [0, 0.05) is 11.6 Å². The maximum Gasteiger partial charge on any atom is 0.350 e. The fourth-order valence-electron chi connectivity index (χ4n) is 3.08. The summed E-state index contributed by atoms with van der Waals surface area (Å²) in [5, 5.41) is 4.70. The number of hydrogen-bond donors (Lipinski definition) is 0. The van der Waals surface area contributed by atoms with Crippen LogP contribution in [-0.4, -0.2) is 34.5 Å². The molecule has 2 aromatic carbocycles. The molecule has 0 aliphatic rings. The standard InChI is InChI=1S/C24H22F3N5O3S2/c1-14-22(36-21(30-14)11-29-37(34)24(2,3)4)35-20-9-8-15(10-19(20)27)32-23(33)31(13-28-32)12-16-17(25)6-5-7-18(16)26/h5-11,13H,12H2,1-4H3/b29-11+. The van der Waals surface area contributed by atoms with Gasteiger partial charge in [-0.3, -0.25) is 4.57 Å². The highest BCUT2D eigenvalue weighted by Crippen LogP contribution is 2.33. The van der Waals surface area contributed by atoms with Crippen molar-refractivity contribution in [1.29, 1.82) is 0 Å². The second-order valence-corrected chi connectivity index (χ2v) is 11.8. The number of ether oxygens (including phenoxy) is 1. The molecule has 1 atom stereocenters. The summed E-state index contributed by atoms with van der Waals surface area (Å²) >= 11 is 1.11. The van der Waals surface area contributed by atoms with Gasteiger partial charge in [-0.2, -0.15) is 14.2 Å². The SMILES string of the molecule is Cc1nc(/C=N/S(=O)C(C)(C)C)sc1Oc1ccc(-n2ncn(Cc3c(F)cccc3F)c2=O)cc1F. The van der Waals surface area contributed by atoms with Crippen molar-refractivity contribution in [2.45, 2.75) is 39.0 Å². The summed E-state index contributed by atoms with van der Waals surface area (Å²) in [6.07, 6.45) is 2.51. The molecular formula is C24H22F3N5O3S2. The molecule has 0 fully saturated rings. The van der Waals surface area contributed by atoms with Crippen LogP contribution < -0.4 is 10.4 Å². The average molecular weight is 550 g/mol. The third kappa shape index (κ3) is 5.88. The molecule has 2 aromatic heterocycles. The molecule has 0 N–H and O–H groups in total. The van der Waals surface area contributed by atoms with E-state index >= 15 is 0 Å². The molecule has 0 amide bonds. The number of hydrogen-bond acceptors (Lipinski definition) is 6. The van der Waals surface area contributed by atoms with Crippen molar-refractivity contribution in [3.8, 4) is 16.5 Å². The average Bonchev–Trinajstić information content (AvgIpc) is 3.37. The third-order valence-electron chi connectivity index (χ3n) is 5.04. The molecule has 37 heavy (non-hydrogen) atoms. The summed E-state index contributed by atoms with van der Waals surface area (Å²) in [4.78, 5) is 17.0. The van der Waals surface area contributed by atoms with E-state index in [2.05, 4.69) is 14.5 Å². The first kappa shape index (κ1) is 26.5. The predicted molar refractivity (Wildman–Crippen MR) is 136 cm³/mol. The Hall–Kier alpha value is -3.58. The van der Waals surface area contributed by atoms with Gasteiger partial charge in [-0.1, -0.05) is 17.4 Å². The lowest BCUT2D eigenvalue weighted by atomic mass is 10.2. The van der Waals surface area contributed by atoms with Crippen molar-refractivity contribution in [2.75, 3.05) is 0 Å². The van der Waals surface area contributed by atoms with Gasteiger partial charge in [0.15, 0.2) is 11.6 Å². The highest BCUT2D eigenvalue weighted by Gasteiger charge is 2.19. The van der Waals surface area contributed by atoms with Gasteiger partial charge in [0.25, 0.3) is 0 Å². The van der Waals surface area contributed by atoms with Gasteiger partial charge in [-0.05, 0) is 52.0 Å². The summed E-state index contributed by atoms with van der Waals surface area (Å²) in [7, 11) is -1.45. The normalized spacial score (nSPS) is 12.8. The Balaban J connectivity index is 1.53. The lowest BCUT2D eigenvalue weighted by molar-refractivity contribution is 0.448. The number of nitrogens with zero attached hydrogens (tertiary/aromatic N) is 5. The van der Waals surface area contributed by atoms with Crippen LogP contribution in [-0.2, 0) is 17.5 Å². The molecule has 194 valence electrons. The van der Waals surface area contributed by atoms with Gasteiger partial charge >= 0.3 is 5.69 Å². The Kier molecular flexibility index (Phi) is 7.46. The van der Waals surface area contributed by atoms with Gasteiger partial charge in [0.05, 0.1) is 28.9 Å². The number of rotatable bonds is 7. The van der Waals surface area contributed by atoms with Gasteiger partial charge < -0.3 is 4.74 Å². The topological polar surface area (TPSA) is 91.4 Å². The van der Waals surface area contributed by atoms with E-state index in [9.17, 15) is 22.2 Å². The molecule has 0 aliphatic heterocycles. The van der Waals surface area contributed by atoms with Gasteiger partial charge in [0.1, 0.15) is 34.0 Å². The maximum atomic E-state index is 14.9. The van der Waals surface area contributed by atoms with Gasteiger partial charge in [-0.15, -0.1) is 0 Å². The van der Waals surface area contributed by atoms with Crippen LogP contribution in [0.2, 0.25) is 0 Å². The van der Waals surface area contributed by atoms with Crippen molar-refractivity contribution >= 4 is 28.5 Å². The minimum atomic E-state index is -1.45. The van der Waals surface area contributed by atoms with E-state index in [1.807, 2.05) is 0 Å². The molecule has 4 aromatic rings. The zero-order valence-corrected chi connectivity index (χ0v) is 21.9. The molecule has 0 aliphatic carbocycles. The van der Waals surface area contributed by atoms with Crippen LogP contribution in [0.15, 0.2) is 51.9 Å². The van der Waals surface area contributed by atoms with Crippen molar-refractivity contribution < 1.29 is 22.1 Å². The largest absolute Gasteiger partial charge is 0.442 e. The molecule has 1 unspecified atom stereocenters. The minimum absolute atomic E-state index is 0.0983. The summed E-state index contributed by atoms with van der Waals surface area (Å²) in [6, 6.07) is 7.22. The summed E-state index contributed by atoms with van der Waals surface area (Å²) in [5.74, 6) is -2.46. The van der Waals surface area contributed by atoms with Crippen molar-refractivity contribution in [3.63, 3.8) is 0 Å². The molecule has 13 heteroatoms. The van der Waals surface area contributed by atoms with Crippen LogP contribution in [0.4, 0.5) is 13.2 Å². The number of thiazole rings is 1. The van der Waals surface area contributed by atoms with Crippen LogP contribution in [0.5, 0.6) is 10.8 Å². The lowest BCUT2D eigenvalue weighted by Gasteiger charge is -2.12. The van der Waals surface area contributed by atoms with Crippen LogP contribution in [0.25, 0.3) is 5.69 Å². The first-order chi connectivity index (χ1) is 17.4. The van der Waals surface area contributed by atoms with Crippen LogP contribution in [0.3, 0.4) is 0 Å². The Morgan fingerprint density at radius 1 is 1.14 bits per heavy atom. The van der Waals surface area contributed by atoms with E-state index in [1.54, 1.807) is 27.7 Å². The molecule has 8 nitrogen and oxygen atoms in total. The molecule has 4 rings (SSSR count). The smallest absolute Gasteiger partial charge is 0.350 e. The van der Waals surface area contributed by atoms with Crippen LogP contribution >= 0.6 is 11.3 Å². The van der Waals surface area contributed by atoms with E-state index < -0.39 is 38.9 Å². The molecule has 0 saturated heterocycles. The fraction of sp³-hybridized carbons (Fsp3) is 0.250. The zero-order valence-electron chi connectivity index (χ0n) is 20.2. The molecule has 0 spiro atoms. The third-order valence-corrected chi connectivity index (χ3v) is 7.35. The minimum Gasteiger partial charge on any atom is -0.442 e. The van der Waals surface area contributed by atoms with Gasteiger partial charge in [0.2, 0.25) is 5.06 Å². The highest BCUT2D eigenvalue weighted by molar-refractivity contribution is 7.85. The molecule has 2 heterocycles. The summed E-state index contributed by atoms with van der Waals surface area (Å²) < 4.78 is 66.0. The highest BCUT2D eigenvalue weighted by atomic mass is 32.2. The van der Waals surface area contributed by atoms with Crippen LogP contribution in [0, 0.1) is 24.4 Å². The quantitative estimate of drug-likeness (QED) is 0.305. The lowest BCUT2D eigenvalue weighted by Crippen LogP contribution is -2.24. The Morgan fingerprint density at radius 3 is 2.49 bits per heavy atom. The summed E-state index contributed by atoms with van der Waals surface area (Å²) in [6.45, 7) is 6.71. The molecular weight excluding hydrogens is 527 g/mol. The molecule has 0 saturated carbocycles. The van der Waals surface area contributed by atoms with Crippen molar-refractivity contribution in [3.05, 3.63) is 86.9 Å². The van der Waals surface area contributed by atoms with E-state index in [0.29, 0.717) is 15.8 Å². The number of halogens is 3. The Bertz CT molecular complexity index is 1550. The van der Waals surface area contributed by atoms with E-state index in [0.717, 1.165) is 45.1 Å². The first-order valence-electron chi connectivity index (χ1n) is 10.9. The number of aromatic nitrogens is 4. The number of aryl methyl sites for hydroxylation is 1. The van der Waals surface area contributed by atoms with Crippen molar-refractivity contribution in [2.24, 2.45) is 4.40 Å². The van der Waals surface area contributed by atoms with E-state index in [4.69, 9.17) is 4.74 Å². The Labute approximate surface area is 216 Å². The first-order valence-corrected chi connectivity index (χ1v) is 12.8. The Morgan fingerprint density at radius 2 is 1.84 bits per heavy atom. The monoisotopic (exact) mass is 549 g/mol. The predicted octanol–water partition coefficient (Wildman–Crippen LogP) is 4.94. The van der Waals surface area contributed by atoms with E-state index in [-0.39, 0.29) is 23.5 Å². The fourth-order valence-corrected chi connectivity index (χ4v) is 4.46. The number of benzene rings is 2. The maximum absolute atomic E-state index is 14.9. The van der Waals surface area contributed by atoms with Crippen molar-refractivity contribution in [1.82, 2.24) is 19.3 Å². The summed E-state index contributed by atoms with van der Waals surface area (Å²) in [5.41, 5.74) is -0.397.